The lowest BCUT2D eigenvalue weighted by Gasteiger charge is -2.14. The van der Waals surface area contributed by atoms with Gasteiger partial charge in [-0.25, -0.2) is 4.79 Å². The van der Waals surface area contributed by atoms with Crippen molar-refractivity contribution in [3.05, 3.63) is 33.3 Å². The smallest absolute Gasteiger partial charge is 0.327 e. The van der Waals surface area contributed by atoms with Gasteiger partial charge in [-0.1, -0.05) is 0 Å². The summed E-state index contributed by atoms with van der Waals surface area (Å²) in [5, 5.41) is 0.916. The van der Waals surface area contributed by atoms with Crippen LogP contribution in [0.2, 0.25) is 0 Å². The summed E-state index contributed by atoms with van der Waals surface area (Å²) >= 11 is 3.54. The molecule has 0 bridgehead atoms. The predicted molar refractivity (Wildman–Crippen MR) is 78.3 cm³/mol. The van der Waals surface area contributed by atoms with E-state index in [4.69, 9.17) is 4.74 Å². The van der Waals surface area contributed by atoms with Crippen LogP contribution in [0.5, 0.6) is 5.75 Å². The van der Waals surface area contributed by atoms with Crippen molar-refractivity contribution in [2.24, 2.45) is 0 Å². The number of imidazole rings is 1. The van der Waals surface area contributed by atoms with Gasteiger partial charge in [0.05, 0.1) is 38.1 Å². The number of halogens is 1. The van der Waals surface area contributed by atoms with E-state index in [1.165, 1.54) is 0 Å². The summed E-state index contributed by atoms with van der Waals surface area (Å²) in [5.74, 6) is 0.789. The van der Waals surface area contributed by atoms with Gasteiger partial charge in [0.25, 0.3) is 0 Å². The first kappa shape index (κ1) is 10.9. The Morgan fingerprint density at radius 3 is 3.05 bits per heavy atom. The van der Waals surface area contributed by atoms with Crippen molar-refractivity contribution in [1.82, 2.24) is 14.5 Å². The number of nitrogens with one attached hydrogen (secondary N) is 1. The minimum Gasteiger partial charge on any atom is -0.489 e. The molecule has 1 aliphatic carbocycles. The molecule has 0 saturated heterocycles. The van der Waals surface area contributed by atoms with Crippen molar-refractivity contribution >= 4 is 37.9 Å². The Balaban J connectivity index is 2.12. The fourth-order valence-corrected chi connectivity index (χ4v) is 3.63. The van der Waals surface area contributed by atoms with Gasteiger partial charge in [-0.15, -0.1) is 0 Å². The van der Waals surface area contributed by atoms with Crippen LogP contribution in [0, 0.1) is 0 Å². The number of nitrogens with zero attached hydrogens (tertiary/aromatic N) is 2. The van der Waals surface area contributed by atoms with Gasteiger partial charge in [0, 0.05) is 0 Å². The molecule has 100 valence electrons. The number of hydrogen-bond donors (Lipinski definition) is 1. The summed E-state index contributed by atoms with van der Waals surface area (Å²) in [7, 11) is 0. The standard InChI is InChI=1S/C14H10BrN3O2/c15-7-1-2-8-10-11-9(5-16-8)17-13(19)18(11)14(3-4-14)6-20-12(7)10/h1-2,5H,3-4,6H2,(H,17,19). The lowest BCUT2D eigenvalue weighted by molar-refractivity contribution is 0.241. The van der Waals surface area contributed by atoms with E-state index < -0.39 is 0 Å². The second-order valence-electron chi connectivity index (χ2n) is 5.57. The Bertz CT molecular complexity index is 952. The van der Waals surface area contributed by atoms with E-state index in [0.29, 0.717) is 6.61 Å². The number of hydrogen-bond acceptors (Lipinski definition) is 3. The van der Waals surface area contributed by atoms with Crippen molar-refractivity contribution in [3.8, 4) is 5.75 Å². The molecule has 0 atom stereocenters. The van der Waals surface area contributed by atoms with E-state index in [-0.39, 0.29) is 11.2 Å². The Labute approximate surface area is 121 Å². The summed E-state index contributed by atoms with van der Waals surface area (Å²) in [4.78, 5) is 19.7. The SMILES string of the molecule is O=c1[nH]c2cnc3ccc(Br)c4c3c2n1C1(CC1)CO4. The van der Waals surface area contributed by atoms with Crippen LogP contribution in [0.4, 0.5) is 0 Å². The van der Waals surface area contributed by atoms with Crippen LogP contribution in [-0.4, -0.2) is 21.1 Å². The molecule has 6 heteroatoms. The number of fused-ring (bicyclic) bond motifs is 1. The monoisotopic (exact) mass is 331 g/mol. The molecule has 20 heavy (non-hydrogen) atoms. The van der Waals surface area contributed by atoms with E-state index in [0.717, 1.165) is 45.0 Å². The van der Waals surface area contributed by atoms with Gasteiger partial charge in [0.2, 0.25) is 0 Å². The van der Waals surface area contributed by atoms with Gasteiger partial charge in [-0.2, -0.15) is 0 Å². The van der Waals surface area contributed by atoms with Gasteiger partial charge in [-0.05, 0) is 40.9 Å². The molecule has 0 unspecified atom stereocenters. The lowest BCUT2D eigenvalue weighted by atomic mass is 10.1. The predicted octanol–water partition coefficient (Wildman–Crippen LogP) is 2.52. The Hall–Kier alpha value is -1.82. The van der Waals surface area contributed by atoms with Crippen LogP contribution in [0.25, 0.3) is 21.9 Å². The summed E-state index contributed by atoms with van der Waals surface area (Å²) in [5.41, 5.74) is 2.30. The van der Waals surface area contributed by atoms with Crippen molar-refractivity contribution in [3.63, 3.8) is 0 Å². The Morgan fingerprint density at radius 2 is 2.25 bits per heavy atom. The number of aromatic amines is 1. The summed E-state index contributed by atoms with van der Waals surface area (Å²) in [6, 6.07) is 3.88. The molecule has 0 radical (unpaired) electrons. The molecule has 1 saturated carbocycles. The Kier molecular flexibility index (Phi) is 1.77. The van der Waals surface area contributed by atoms with Gasteiger partial charge < -0.3 is 9.72 Å². The van der Waals surface area contributed by atoms with E-state index in [1.807, 2.05) is 16.7 Å². The first-order valence-electron chi connectivity index (χ1n) is 6.55. The quantitative estimate of drug-likeness (QED) is 0.688. The topological polar surface area (TPSA) is 59.9 Å². The van der Waals surface area contributed by atoms with Gasteiger partial charge in [0.15, 0.2) is 0 Å². The first-order chi connectivity index (χ1) is 9.70. The highest BCUT2D eigenvalue weighted by Gasteiger charge is 2.49. The molecule has 2 aromatic heterocycles. The number of H-pyrrole nitrogens is 1. The summed E-state index contributed by atoms with van der Waals surface area (Å²) < 4.78 is 8.81. The van der Waals surface area contributed by atoms with Crippen LogP contribution >= 0.6 is 15.9 Å². The number of benzene rings is 1. The molecule has 1 aliphatic heterocycles. The van der Waals surface area contributed by atoms with Crippen molar-refractivity contribution < 1.29 is 4.74 Å². The molecule has 3 heterocycles. The second-order valence-corrected chi connectivity index (χ2v) is 6.42. The third kappa shape index (κ3) is 1.14. The fourth-order valence-electron chi connectivity index (χ4n) is 3.19. The summed E-state index contributed by atoms with van der Waals surface area (Å²) in [6.45, 7) is 0.534. The number of pyridine rings is 1. The first-order valence-corrected chi connectivity index (χ1v) is 7.34. The molecule has 3 aromatic rings. The Morgan fingerprint density at radius 1 is 1.40 bits per heavy atom. The number of ether oxygens (including phenoxy) is 1. The molecule has 0 amide bonds. The lowest BCUT2D eigenvalue weighted by Crippen LogP contribution is -2.32. The van der Waals surface area contributed by atoms with Crippen LogP contribution in [0.15, 0.2) is 27.6 Å². The molecule has 1 N–H and O–H groups in total. The van der Waals surface area contributed by atoms with E-state index >= 15 is 0 Å². The molecule has 5 nitrogen and oxygen atoms in total. The zero-order chi connectivity index (χ0) is 13.5. The molecular weight excluding hydrogens is 322 g/mol. The zero-order valence-corrected chi connectivity index (χ0v) is 12.0. The van der Waals surface area contributed by atoms with Crippen molar-refractivity contribution in [2.75, 3.05) is 6.61 Å². The van der Waals surface area contributed by atoms with E-state index in [1.54, 1.807) is 6.20 Å². The highest BCUT2D eigenvalue weighted by molar-refractivity contribution is 9.10. The van der Waals surface area contributed by atoms with Crippen molar-refractivity contribution in [1.29, 1.82) is 0 Å². The largest absolute Gasteiger partial charge is 0.489 e. The average Bonchev–Trinajstić information content (AvgIpc) is 3.16. The van der Waals surface area contributed by atoms with E-state index in [2.05, 4.69) is 25.9 Å². The third-order valence-electron chi connectivity index (χ3n) is 4.37. The van der Waals surface area contributed by atoms with Crippen LogP contribution in [-0.2, 0) is 5.54 Å². The van der Waals surface area contributed by atoms with Crippen LogP contribution < -0.4 is 10.4 Å². The third-order valence-corrected chi connectivity index (χ3v) is 4.99. The molecule has 2 aliphatic rings. The highest BCUT2D eigenvalue weighted by atomic mass is 79.9. The van der Waals surface area contributed by atoms with Crippen LogP contribution in [0.3, 0.4) is 0 Å². The molecule has 1 fully saturated rings. The maximum atomic E-state index is 12.3. The number of rotatable bonds is 0. The fraction of sp³-hybridized carbons (Fsp3) is 0.286. The number of aromatic nitrogens is 3. The van der Waals surface area contributed by atoms with Crippen molar-refractivity contribution in [2.45, 2.75) is 18.4 Å². The average molecular weight is 332 g/mol. The van der Waals surface area contributed by atoms with E-state index in [9.17, 15) is 4.79 Å². The van der Waals surface area contributed by atoms with Gasteiger partial charge in [0.1, 0.15) is 12.4 Å². The minimum absolute atomic E-state index is 0.0665. The maximum absolute atomic E-state index is 12.3. The molecular formula is C14H10BrN3O2. The highest BCUT2D eigenvalue weighted by Crippen LogP contribution is 2.49. The normalized spacial score (nSPS) is 18.6. The molecule has 1 spiro atoms. The molecule has 5 rings (SSSR count). The van der Waals surface area contributed by atoms with Gasteiger partial charge >= 0.3 is 5.69 Å². The zero-order valence-electron chi connectivity index (χ0n) is 10.4. The maximum Gasteiger partial charge on any atom is 0.327 e. The minimum atomic E-state index is -0.178. The second kappa shape index (κ2) is 3.25. The molecule has 1 aromatic carbocycles. The summed E-state index contributed by atoms with van der Waals surface area (Å²) in [6.07, 6.45) is 3.69. The van der Waals surface area contributed by atoms with Crippen LogP contribution in [0.1, 0.15) is 12.8 Å². The van der Waals surface area contributed by atoms with Gasteiger partial charge in [-0.3, -0.25) is 9.55 Å².